The third kappa shape index (κ3) is 2.44. The average molecular weight is 234 g/mol. The number of nitrogens with zero attached hydrogens (tertiary/aromatic N) is 1. The van der Waals surface area contributed by atoms with Crippen molar-refractivity contribution in [1.82, 2.24) is 0 Å². The van der Waals surface area contributed by atoms with Crippen molar-refractivity contribution in [2.24, 2.45) is 0 Å². The molecule has 0 atom stereocenters. The van der Waals surface area contributed by atoms with Crippen LogP contribution in [0.15, 0.2) is 21.4 Å². The Labute approximate surface area is 75.6 Å². The molecule has 0 amide bonds. The first-order valence-corrected chi connectivity index (χ1v) is 4.47. The van der Waals surface area contributed by atoms with E-state index in [1.807, 2.05) is 10.8 Å². The van der Waals surface area contributed by atoms with Crippen molar-refractivity contribution in [2.75, 3.05) is 0 Å². The van der Waals surface area contributed by atoms with Crippen molar-refractivity contribution in [2.45, 2.75) is 0 Å². The molecule has 5 heteroatoms. The van der Waals surface area contributed by atoms with Crippen LogP contribution in [0.5, 0.6) is 0 Å². The van der Waals surface area contributed by atoms with Gasteiger partial charge in [-0.3, -0.25) is 10.1 Å². The molecular weight excluding hydrogens is 230 g/mol. The van der Waals surface area contributed by atoms with Crippen LogP contribution in [0, 0.1) is 10.1 Å². The second-order valence-corrected chi connectivity index (χ2v) is 3.37. The molecule has 0 fully saturated rings. The zero-order valence-electron chi connectivity index (χ0n) is 5.36. The van der Waals surface area contributed by atoms with Gasteiger partial charge >= 0.3 is 0 Å². The summed E-state index contributed by atoms with van der Waals surface area (Å²) in [4.78, 5) is 9.43. The van der Waals surface area contributed by atoms with Gasteiger partial charge in [-0.25, -0.2) is 0 Å². The average Bonchev–Trinajstić information content (AvgIpc) is 2.31. The predicted octanol–water partition coefficient (Wildman–Crippen LogP) is 2.76. The summed E-state index contributed by atoms with van der Waals surface area (Å²) in [5.41, 5.74) is 0.840. The van der Waals surface area contributed by atoms with Crippen molar-refractivity contribution < 1.29 is 4.92 Å². The number of hydrogen-bond acceptors (Lipinski definition) is 3. The van der Waals surface area contributed by atoms with Gasteiger partial charge in [-0.05, 0) is 21.3 Å². The molecule has 1 rings (SSSR count). The molecular formula is C6H4BrNO2S. The lowest BCUT2D eigenvalue weighted by Crippen LogP contribution is -1.81. The normalized spacial score (nSPS) is 10.6. The summed E-state index contributed by atoms with van der Waals surface area (Å²) in [6, 6.07) is 0. The highest BCUT2D eigenvalue weighted by atomic mass is 79.9. The maximum absolute atomic E-state index is 9.91. The van der Waals surface area contributed by atoms with Crippen LogP contribution in [0.2, 0.25) is 0 Å². The van der Waals surface area contributed by atoms with Crippen LogP contribution < -0.4 is 0 Å². The van der Waals surface area contributed by atoms with E-state index in [4.69, 9.17) is 0 Å². The van der Waals surface area contributed by atoms with Crippen molar-refractivity contribution in [3.8, 4) is 0 Å². The lowest BCUT2D eigenvalue weighted by atomic mass is 10.3. The summed E-state index contributed by atoms with van der Waals surface area (Å²) in [7, 11) is 0. The summed E-state index contributed by atoms with van der Waals surface area (Å²) in [5, 5.41) is 13.6. The third-order valence-electron chi connectivity index (χ3n) is 1.02. The molecule has 0 saturated heterocycles. The van der Waals surface area contributed by atoms with Gasteiger partial charge in [-0.1, -0.05) is 0 Å². The Morgan fingerprint density at radius 3 is 2.82 bits per heavy atom. The van der Waals surface area contributed by atoms with Crippen LogP contribution in [-0.4, -0.2) is 4.92 Å². The van der Waals surface area contributed by atoms with Gasteiger partial charge in [0.2, 0.25) is 6.20 Å². The molecule has 1 heterocycles. The smallest absolute Gasteiger partial charge is 0.235 e. The number of nitro groups is 1. The standard InChI is InChI=1S/C6H4BrNO2S/c7-6-4-11-3-5(6)1-2-8(9)10/h1-4H/b2-1+. The van der Waals surface area contributed by atoms with Gasteiger partial charge < -0.3 is 0 Å². The predicted molar refractivity (Wildman–Crippen MR) is 48.0 cm³/mol. The first-order valence-electron chi connectivity index (χ1n) is 2.73. The van der Waals surface area contributed by atoms with Crippen molar-refractivity contribution in [1.29, 1.82) is 0 Å². The quantitative estimate of drug-likeness (QED) is 0.583. The molecule has 0 saturated carbocycles. The minimum Gasteiger partial charge on any atom is -0.259 e. The van der Waals surface area contributed by atoms with E-state index in [0.29, 0.717) is 0 Å². The molecule has 0 aliphatic rings. The summed E-state index contributed by atoms with van der Waals surface area (Å²) in [5.74, 6) is 0. The molecule has 0 aliphatic carbocycles. The molecule has 0 spiro atoms. The van der Waals surface area contributed by atoms with Gasteiger partial charge in [-0.2, -0.15) is 11.3 Å². The van der Waals surface area contributed by atoms with E-state index in [2.05, 4.69) is 15.9 Å². The molecule has 11 heavy (non-hydrogen) atoms. The molecule has 0 radical (unpaired) electrons. The molecule has 0 unspecified atom stereocenters. The SMILES string of the molecule is O=[N+]([O-])/C=C/c1cscc1Br. The minimum atomic E-state index is -0.482. The molecule has 0 bridgehead atoms. The molecule has 1 aromatic rings. The second kappa shape index (κ2) is 3.64. The number of thiophene rings is 1. The number of hydrogen-bond donors (Lipinski definition) is 0. The number of rotatable bonds is 2. The fraction of sp³-hybridized carbons (Fsp3) is 0. The molecule has 3 nitrogen and oxygen atoms in total. The van der Waals surface area contributed by atoms with Crippen LogP contribution in [0.4, 0.5) is 0 Å². The van der Waals surface area contributed by atoms with E-state index >= 15 is 0 Å². The first-order chi connectivity index (χ1) is 5.20. The maximum Gasteiger partial charge on any atom is 0.235 e. The van der Waals surface area contributed by atoms with E-state index in [1.165, 1.54) is 17.4 Å². The van der Waals surface area contributed by atoms with Gasteiger partial charge in [-0.15, -0.1) is 0 Å². The Morgan fingerprint density at radius 1 is 1.64 bits per heavy atom. The molecule has 0 aliphatic heterocycles. The molecule has 0 N–H and O–H groups in total. The van der Waals surface area contributed by atoms with Gasteiger partial charge in [0.25, 0.3) is 0 Å². The van der Waals surface area contributed by atoms with Crippen LogP contribution in [0.25, 0.3) is 6.08 Å². The third-order valence-corrected chi connectivity index (χ3v) is 2.77. The minimum absolute atomic E-state index is 0.482. The molecule has 1 aromatic heterocycles. The Morgan fingerprint density at radius 2 is 2.36 bits per heavy atom. The largest absolute Gasteiger partial charge is 0.259 e. The highest BCUT2D eigenvalue weighted by molar-refractivity contribution is 9.10. The Balaban J connectivity index is 2.79. The van der Waals surface area contributed by atoms with Crippen molar-refractivity contribution in [3.05, 3.63) is 37.1 Å². The zero-order chi connectivity index (χ0) is 8.27. The van der Waals surface area contributed by atoms with Gasteiger partial charge in [0.1, 0.15) is 0 Å². The van der Waals surface area contributed by atoms with Gasteiger partial charge in [0, 0.05) is 21.5 Å². The zero-order valence-corrected chi connectivity index (χ0v) is 7.76. The first kappa shape index (κ1) is 8.42. The lowest BCUT2D eigenvalue weighted by molar-refractivity contribution is -0.400. The van der Waals surface area contributed by atoms with E-state index < -0.39 is 4.92 Å². The lowest BCUT2D eigenvalue weighted by Gasteiger charge is -1.83. The summed E-state index contributed by atoms with van der Waals surface area (Å²) in [6.07, 6.45) is 2.38. The topological polar surface area (TPSA) is 43.1 Å². The maximum atomic E-state index is 9.91. The van der Waals surface area contributed by atoms with Crippen LogP contribution in [0.3, 0.4) is 0 Å². The Bertz CT molecular complexity index is 295. The van der Waals surface area contributed by atoms with Crippen LogP contribution in [0.1, 0.15) is 5.56 Å². The van der Waals surface area contributed by atoms with Crippen LogP contribution >= 0.6 is 27.3 Å². The fourth-order valence-corrected chi connectivity index (χ4v) is 1.95. The van der Waals surface area contributed by atoms with Gasteiger partial charge in [0.15, 0.2) is 0 Å². The highest BCUT2D eigenvalue weighted by Crippen LogP contribution is 2.22. The van der Waals surface area contributed by atoms with Crippen LogP contribution in [-0.2, 0) is 0 Å². The van der Waals surface area contributed by atoms with Gasteiger partial charge in [0.05, 0.1) is 4.92 Å². The Hall–Kier alpha value is -0.680. The molecule has 0 aromatic carbocycles. The Kier molecular flexibility index (Phi) is 2.78. The van der Waals surface area contributed by atoms with E-state index in [9.17, 15) is 10.1 Å². The monoisotopic (exact) mass is 233 g/mol. The van der Waals surface area contributed by atoms with E-state index in [-0.39, 0.29) is 0 Å². The van der Waals surface area contributed by atoms with E-state index in [0.717, 1.165) is 16.2 Å². The molecule has 58 valence electrons. The second-order valence-electron chi connectivity index (χ2n) is 1.78. The highest BCUT2D eigenvalue weighted by Gasteiger charge is 1.96. The summed E-state index contributed by atoms with van der Waals surface area (Å²) in [6.45, 7) is 0. The summed E-state index contributed by atoms with van der Waals surface area (Å²) < 4.78 is 0.889. The van der Waals surface area contributed by atoms with Crippen molar-refractivity contribution in [3.63, 3.8) is 0 Å². The van der Waals surface area contributed by atoms with E-state index in [1.54, 1.807) is 0 Å². The fourth-order valence-electron chi connectivity index (χ4n) is 0.551. The number of halogens is 1. The summed E-state index contributed by atoms with van der Waals surface area (Å²) >= 11 is 4.75. The van der Waals surface area contributed by atoms with Crippen molar-refractivity contribution >= 4 is 33.3 Å².